The number of aliphatic hydroxyl groups is 1. The molecule has 2 rings (SSSR count). The van der Waals surface area contributed by atoms with Crippen LogP contribution in [0.3, 0.4) is 0 Å². The summed E-state index contributed by atoms with van der Waals surface area (Å²) in [4.78, 5) is 5.66. The first-order chi connectivity index (χ1) is 8.72. The predicted octanol–water partition coefficient (Wildman–Crippen LogP) is 1.89. The van der Waals surface area contributed by atoms with E-state index in [1.54, 1.807) is 16.4 Å². The Morgan fingerprint density at radius 3 is 2.61 bits per heavy atom. The van der Waals surface area contributed by atoms with Gasteiger partial charge in [0.15, 0.2) is 0 Å². The van der Waals surface area contributed by atoms with Crippen molar-refractivity contribution in [2.24, 2.45) is 0 Å². The van der Waals surface area contributed by atoms with Crippen LogP contribution in [0.1, 0.15) is 17.2 Å². The third-order valence-electron chi connectivity index (χ3n) is 2.69. The molecule has 0 fully saturated rings. The standard InChI is InChI=1S/C13H17N3OS/c1-10-14-13(16(15-10)7-8-17)9-11-3-5-12(18-2)6-4-11/h3-6,17H,7-9H2,1-2H3. The second-order valence-corrected chi connectivity index (χ2v) is 4.93. The Bertz CT molecular complexity index is 507. The van der Waals surface area contributed by atoms with Crippen LogP contribution in [0.25, 0.3) is 0 Å². The average molecular weight is 263 g/mol. The van der Waals surface area contributed by atoms with Crippen molar-refractivity contribution in [1.29, 1.82) is 0 Å². The third kappa shape index (κ3) is 3.11. The van der Waals surface area contributed by atoms with Gasteiger partial charge in [0.25, 0.3) is 0 Å². The maximum Gasteiger partial charge on any atom is 0.147 e. The van der Waals surface area contributed by atoms with E-state index in [0.717, 1.165) is 18.1 Å². The summed E-state index contributed by atoms with van der Waals surface area (Å²) in [5, 5.41) is 13.3. The van der Waals surface area contributed by atoms with Gasteiger partial charge in [-0.25, -0.2) is 9.67 Å². The lowest BCUT2D eigenvalue weighted by atomic mass is 10.1. The van der Waals surface area contributed by atoms with E-state index in [9.17, 15) is 0 Å². The molecule has 0 aliphatic carbocycles. The summed E-state index contributed by atoms with van der Waals surface area (Å²) in [6, 6.07) is 8.44. The Kier molecular flexibility index (Phi) is 4.38. The molecule has 0 radical (unpaired) electrons. The van der Waals surface area contributed by atoms with Crippen molar-refractivity contribution >= 4 is 11.8 Å². The number of aromatic nitrogens is 3. The summed E-state index contributed by atoms with van der Waals surface area (Å²) in [5.74, 6) is 1.65. The number of nitrogens with zero attached hydrogens (tertiary/aromatic N) is 3. The van der Waals surface area contributed by atoms with Crippen LogP contribution in [0.5, 0.6) is 0 Å². The molecule has 1 aromatic carbocycles. The molecule has 0 amide bonds. The van der Waals surface area contributed by atoms with Gasteiger partial charge in [0.05, 0.1) is 13.2 Å². The average Bonchev–Trinajstić information content (AvgIpc) is 2.71. The highest BCUT2D eigenvalue weighted by Gasteiger charge is 2.07. The Balaban J connectivity index is 2.16. The summed E-state index contributed by atoms with van der Waals surface area (Å²) in [6.07, 6.45) is 2.81. The first kappa shape index (κ1) is 13.1. The van der Waals surface area contributed by atoms with Gasteiger partial charge < -0.3 is 5.11 Å². The molecule has 96 valence electrons. The van der Waals surface area contributed by atoms with Crippen molar-refractivity contribution in [3.05, 3.63) is 41.5 Å². The van der Waals surface area contributed by atoms with E-state index in [0.29, 0.717) is 6.54 Å². The van der Waals surface area contributed by atoms with Crippen molar-refractivity contribution in [3.8, 4) is 0 Å². The summed E-state index contributed by atoms with van der Waals surface area (Å²) in [7, 11) is 0. The summed E-state index contributed by atoms with van der Waals surface area (Å²) in [6.45, 7) is 2.45. The number of aryl methyl sites for hydroxylation is 1. The highest BCUT2D eigenvalue weighted by molar-refractivity contribution is 7.98. The molecular weight excluding hydrogens is 246 g/mol. The lowest BCUT2D eigenvalue weighted by molar-refractivity contribution is 0.267. The van der Waals surface area contributed by atoms with Gasteiger partial charge in [-0.15, -0.1) is 11.8 Å². The summed E-state index contributed by atoms with van der Waals surface area (Å²) >= 11 is 1.73. The Hall–Kier alpha value is -1.33. The van der Waals surface area contributed by atoms with E-state index >= 15 is 0 Å². The minimum atomic E-state index is 0.0845. The molecule has 0 aliphatic rings. The van der Waals surface area contributed by atoms with Gasteiger partial charge in [-0.2, -0.15) is 5.10 Å². The smallest absolute Gasteiger partial charge is 0.147 e. The quantitative estimate of drug-likeness (QED) is 0.837. The first-order valence-electron chi connectivity index (χ1n) is 5.87. The van der Waals surface area contributed by atoms with E-state index < -0.39 is 0 Å². The molecule has 0 unspecified atom stereocenters. The molecule has 1 heterocycles. The van der Waals surface area contributed by atoms with Crippen LogP contribution in [0.2, 0.25) is 0 Å². The maximum absolute atomic E-state index is 9.00. The highest BCUT2D eigenvalue weighted by atomic mass is 32.2. The number of hydrogen-bond donors (Lipinski definition) is 1. The molecular formula is C13H17N3OS. The van der Waals surface area contributed by atoms with Gasteiger partial charge in [-0.3, -0.25) is 0 Å². The molecule has 0 bridgehead atoms. The van der Waals surface area contributed by atoms with Crippen LogP contribution in [-0.4, -0.2) is 32.7 Å². The van der Waals surface area contributed by atoms with Gasteiger partial charge in [0, 0.05) is 11.3 Å². The van der Waals surface area contributed by atoms with Gasteiger partial charge in [-0.05, 0) is 30.9 Å². The Morgan fingerprint density at radius 2 is 2.00 bits per heavy atom. The molecule has 0 spiro atoms. The highest BCUT2D eigenvalue weighted by Crippen LogP contribution is 2.16. The zero-order chi connectivity index (χ0) is 13.0. The zero-order valence-corrected chi connectivity index (χ0v) is 11.4. The summed E-state index contributed by atoms with van der Waals surface area (Å²) in [5.41, 5.74) is 1.21. The monoisotopic (exact) mass is 263 g/mol. The SMILES string of the molecule is CSc1ccc(Cc2nc(C)nn2CCO)cc1. The van der Waals surface area contributed by atoms with Crippen molar-refractivity contribution in [3.63, 3.8) is 0 Å². The van der Waals surface area contributed by atoms with Crippen molar-refractivity contribution in [1.82, 2.24) is 14.8 Å². The fraction of sp³-hybridized carbons (Fsp3) is 0.385. The molecule has 1 N–H and O–H groups in total. The first-order valence-corrected chi connectivity index (χ1v) is 7.09. The van der Waals surface area contributed by atoms with E-state index in [1.807, 2.05) is 6.92 Å². The number of rotatable bonds is 5. The van der Waals surface area contributed by atoms with Crippen LogP contribution in [0.4, 0.5) is 0 Å². The molecule has 5 heteroatoms. The minimum Gasteiger partial charge on any atom is -0.394 e. The van der Waals surface area contributed by atoms with Gasteiger partial charge in [0.2, 0.25) is 0 Å². The van der Waals surface area contributed by atoms with Crippen LogP contribution < -0.4 is 0 Å². The lowest BCUT2D eigenvalue weighted by Crippen LogP contribution is -2.09. The Labute approximate surface area is 111 Å². The third-order valence-corrected chi connectivity index (χ3v) is 3.43. The zero-order valence-electron chi connectivity index (χ0n) is 10.6. The molecule has 0 saturated heterocycles. The molecule has 4 nitrogen and oxygen atoms in total. The summed E-state index contributed by atoms with van der Waals surface area (Å²) < 4.78 is 1.78. The van der Waals surface area contributed by atoms with Gasteiger partial charge >= 0.3 is 0 Å². The number of aliphatic hydroxyl groups excluding tert-OH is 1. The fourth-order valence-electron chi connectivity index (χ4n) is 1.83. The number of hydrogen-bond acceptors (Lipinski definition) is 4. The largest absolute Gasteiger partial charge is 0.394 e. The van der Waals surface area contributed by atoms with E-state index in [4.69, 9.17) is 5.11 Å². The van der Waals surface area contributed by atoms with E-state index in [-0.39, 0.29) is 6.61 Å². The maximum atomic E-state index is 9.00. The molecule has 0 atom stereocenters. The van der Waals surface area contributed by atoms with Crippen molar-refractivity contribution < 1.29 is 5.11 Å². The molecule has 0 aliphatic heterocycles. The second-order valence-electron chi connectivity index (χ2n) is 4.05. The topological polar surface area (TPSA) is 50.9 Å². The van der Waals surface area contributed by atoms with Crippen LogP contribution in [-0.2, 0) is 13.0 Å². The Morgan fingerprint density at radius 1 is 1.28 bits per heavy atom. The second kappa shape index (κ2) is 6.02. The predicted molar refractivity (Wildman–Crippen MR) is 72.9 cm³/mol. The molecule has 18 heavy (non-hydrogen) atoms. The fourth-order valence-corrected chi connectivity index (χ4v) is 2.24. The number of thioether (sulfide) groups is 1. The lowest BCUT2D eigenvalue weighted by Gasteiger charge is -2.04. The van der Waals surface area contributed by atoms with Gasteiger partial charge in [-0.1, -0.05) is 12.1 Å². The minimum absolute atomic E-state index is 0.0845. The molecule has 1 aromatic heterocycles. The van der Waals surface area contributed by atoms with E-state index in [2.05, 4.69) is 40.6 Å². The van der Waals surface area contributed by atoms with Crippen LogP contribution >= 0.6 is 11.8 Å². The van der Waals surface area contributed by atoms with E-state index in [1.165, 1.54) is 10.5 Å². The van der Waals surface area contributed by atoms with Gasteiger partial charge in [0.1, 0.15) is 11.6 Å². The van der Waals surface area contributed by atoms with Crippen molar-refractivity contribution in [2.75, 3.05) is 12.9 Å². The number of benzene rings is 1. The van der Waals surface area contributed by atoms with Crippen molar-refractivity contribution in [2.45, 2.75) is 24.8 Å². The van der Waals surface area contributed by atoms with Crippen LogP contribution in [0.15, 0.2) is 29.2 Å². The molecule has 0 saturated carbocycles. The normalized spacial score (nSPS) is 10.8. The molecule has 2 aromatic rings. The van der Waals surface area contributed by atoms with Crippen LogP contribution in [0, 0.1) is 6.92 Å².